The number of hydrogen-bond acceptors (Lipinski definition) is 8. The van der Waals surface area contributed by atoms with E-state index in [1.807, 2.05) is 5.32 Å². The molecule has 0 saturated heterocycles. The predicted molar refractivity (Wildman–Crippen MR) is 117 cm³/mol. The van der Waals surface area contributed by atoms with Crippen LogP contribution in [0.25, 0.3) is 11.3 Å². The Balaban J connectivity index is 1.83. The minimum Gasteiger partial charge on any atom is -0.489 e. The minimum absolute atomic E-state index is 0.0444. The van der Waals surface area contributed by atoms with E-state index >= 15 is 0 Å². The van der Waals surface area contributed by atoms with Crippen LogP contribution in [-0.2, 0) is 15.8 Å². The van der Waals surface area contributed by atoms with Crippen molar-refractivity contribution in [2.75, 3.05) is 20.3 Å². The highest BCUT2D eigenvalue weighted by molar-refractivity contribution is 5.90. The first kappa shape index (κ1) is 25.9. The molecule has 4 N–H and O–H groups in total. The van der Waals surface area contributed by atoms with Crippen molar-refractivity contribution >= 4 is 11.8 Å². The number of ether oxygens (including phenoxy) is 2. The minimum atomic E-state index is -5.36. The lowest BCUT2D eigenvalue weighted by atomic mass is 9.81. The molecular formula is C23H20F4N4O6. The highest BCUT2D eigenvalue weighted by Crippen LogP contribution is 2.47. The predicted octanol–water partition coefficient (Wildman–Crippen LogP) is 2.20. The summed E-state index contributed by atoms with van der Waals surface area (Å²) < 4.78 is 71.7. The highest BCUT2D eigenvalue weighted by Gasteiger charge is 2.57. The van der Waals surface area contributed by atoms with Gasteiger partial charge >= 0.3 is 18.0 Å². The monoisotopic (exact) mass is 524 g/mol. The van der Waals surface area contributed by atoms with Crippen LogP contribution in [-0.4, -0.2) is 53.3 Å². The number of aromatic nitrogens is 2. The topological polar surface area (TPSA) is 150 Å². The number of pyridine rings is 1. The Morgan fingerprint density at radius 2 is 1.95 bits per heavy atom. The molecule has 0 spiro atoms. The summed E-state index contributed by atoms with van der Waals surface area (Å²) in [4.78, 5) is 32.2. The molecule has 3 heterocycles. The van der Waals surface area contributed by atoms with Crippen LogP contribution >= 0.6 is 0 Å². The zero-order valence-electron chi connectivity index (χ0n) is 19.4. The number of carbonyl (C=O) groups excluding carboxylic acids is 2. The number of benzene rings is 1. The van der Waals surface area contributed by atoms with Gasteiger partial charge in [-0.05, 0) is 37.3 Å². The Labute approximate surface area is 206 Å². The van der Waals surface area contributed by atoms with Gasteiger partial charge in [0, 0.05) is 11.1 Å². The Kier molecular flexibility index (Phi) is 6.32. The number of carbonyl (C=O) groups is 2. The first-order chi connectivity index (χ1) is 17.3. The van der Waals surface area contributed by atoms with E-state index in [1.54, 1.807) is 0 Å². The summed E-state index contributed by atoms with van der Waals surface area (Å²) in [5.41, 5.74) is -0.851. The van der Waals surface area contributed by atoms with Crippen LogP contribution in [0.1, 0.15) is 28.9 Å². The van der Waals surface area contributed by atoms with Gasteiger partial charge in [-0.1, -0.05) is 0 Å². The standard InChI is InChI=1S/C23H20F4N4O6/c1-21(20(28)33)10-36-17-13(21)7-14(31-16(17)11-3-5-12(24)6-4-11)22(34,23(25,26)27)9-30-18(32)19-29-8-15(35-2)37-19/h3-8,34H,9-10H2,1-2H3,(H2,28,33)(H,30,32)/t21-,22?/m0/s1. The van der Waals surface area contributed by atoms with E-state index < -0.39 is 53.0 Å². The number of halogens is 4. The fourth-order valence-corrected chi connectivity index (χ4v) is 3.68. The SMILES string of the molecule is COc1cnc(C(=O)NCC(O)(c2cc3c(c(-c4ccc(F)cc4)n2)OC[C@]3(C)C(N)=O)C(F)(F)F)o1. The van der Waals surface area contributed by atoms with Crippen LogP contribution in [0.4, 0.5) is 17.6 Å². The molecule has 0 bridgehead atoms. The van der Waals surface area contributed by atoms with E-state index in [0.29, 0.717) is 0 Å². The van der Waals surface area contributed by atoms with Gasteiger partial charge in [0.15, 0.2) is 0 Å². The molecule has 14 heteroatoms. The Bertz CT molecular complexity index is 1360. The van der Waals surface area contributed by atoms with Crippen LogP contribution < -0.4 is 20.5 Å². The lowest BCUT2D eigenvalue weighted by Crippen LogP contribution is -2.52. The molecule has 4 rings (SSSR count). The molecule has 2 aromatic heterocycles. The number of amides is 2. The number of primary amides is 1. The normalized spacial score (nSPS) is 18.5. The fraction of sp³-hybridized carbons (Fsp3) is 0.304. The van der Waals surface area contributed by atoms with Gasteiger partial charge in [-0.15, -0.1) is 0 Å². The lowest BCUT2D eigenvalue weighted by Gasteiger charge is -2.31. The largest absolute Gasteiger partial charge is 0.489 e. The summed E-state index contributed by atoms with van der Waals surface area (Å²) in [5.74, 6) is -3.49. The average Bonchev–Trinajstić information content (AvgIpc) is 3.47. The number of rotatable bonds is 7. The van der Waals surface area contributed by atoms with Gasteiger partial charge < -0.3 is 30.0 Å². The van der Waals surface area contributed by atoms with E-state index in [1.165, 1.54) is 26.2 Å². The molecule has 1 aliphatic rings. The van der Waals surface area contributed by atoms with Crippen LogP contribution in [0.15, 0.2) is 40.9 Å². The van der Waals surface area contributed by atoms with Gasteiger partial charge in [0.1, 0.15) is 35.5 Å². The molecule has 0 aliphatic carbocycles. The number of aliphatic hydroxyl groups is 1. The molecule has 1 unspecified atom stereocenters. The quantitative estimate of drug-likeness (QED) is 0.398. The van der Waals surface area contributed by atoms with Crippen molar-refractivity contribution < 1.29 is 46.1 Å². The fourth-order valence-electron chi connectivity index (χ4n) is 3.68. The molecule has 1 aromatic carbocycles. The second-order valence-corrected chi connectivity index (χ2v) is 8.45. The van der Waals surface area contributed by atoms with Gasteiger partial charge in [-0.2, -0.15) is 13.2 Å². The zero-order valence-corrected chi connectivity index (χ0v) is 19.4. The van der Waals surface area contributed by atoms with Crippen molar-refractivity contribution in [3.63, 3.8) is 0 Å². The summed E-state index contributed by atoms with van der Waals surface area (Å²) >= 11 is 0. The third-order valence-electron chi connectivity index (χ3n) is 6.01. The van der Waals surface area contributed by atoms with Gasteiger partial charge in [0.05, 0.1) is 19.3 Å². The number of methoxy groups -OCH3 is 1. The lowest BCUT2D eigenvalue weighted by molar-refractivity contribution is -0.265. The summed E-state index contributed by atoms with van der Waals surface area (Å²) in [7, 11) is 1.23. The molecule has 2 amide bonds. The first-order valence-electron chi connectivity index (χ1n) is 10.6. The molecule has 196 valence electrons. The number of nitrogens with zero attached hydrogens (tertiary/aromatic N) is 2. The molecule has 0 radical (unpaired) electrons. The Morgan fingerprint density at radius 3 is 2.51 bits per heavy atom. The van der Waals surface area contributed by atoms with E-state index in [4.69, 9.17) is 19.6 Å². The second kappa shape index (κ2) is 9.03. The zero-order chi connectivity index (χ0) is 27.2. The number of nitrogens with one attached hydrogen (secondary N) is 1. The van der Waals surface area contributed by atoms with Crippen LogP contribution in [0.3, 0.4) is 0 Å². The van der Waals surface area contributed by atoms with Crippen LogP contribution in [0, 0.1) is 5.82 Å². The third-order valence-corrected chi connectivity index (χ3v) is 6.01. The molecule has 2 atom stereocenters. The van der Waals surface area contributed by atoms with Crippen LogP contribution in [0.2, 0.25) is 0 Å². The van der Waals surface area contributed by atoms with Crippen molar-refractivity contribution in [3.8, 4) is 23.0 Å². The van der Waals surface area contributed by atoms with Crippen molar-refractivity contribution in [2.24, 2.45) is 5.73 Å². The maximum Gasteiger partial charge on any atom is 0.424 e. The van der Waals surface area contributed by atoms with Gasteiger partial charge in [-0.3, -0.25) is 9.59 Å². The number of fused-ring (bicyclic) bond motifs is 1. The maximum atomic E-state index is 14.3. The molecule has 0 fully saturated rings. The summed E-state index contributed by atoms with van der Waals surface area (Å²) in [6, 6.07) is 5.46. The summed E-state index contributed by atoms with van der Waals surface area (Å²) in [6.07, 6.45) is -4.33. The molecule has 1 aliphatic heterocycles. The van der Waals surface area contributed by atoms with Crippen molar-refractivity contribution in [2.45, 2.75) is 24.1 Å². The number of nitrogens with two attached hydrogens (primary N) is 1. The highest BCUT2D eigenvalue weighted by atomic mass is 19.4. The second-order valence-electron chi connectivity index (χ2n) is 8.45. The molecule has 37 heavy (non-hydrogen) atoms. The first-order valence-corrected chi connectivity index (χ1v) is 10.6. The van der Waals surface area contributed by atoms with Gasteiger partial charge in [0.2, 0.25) is 11.5 Å². The molecule has 3 aromatic rings. The van der Waals surface area contributed by atoms with Gasteiger partial charge in [-0.25, -0.2) is 14.4 Å². The number of hydrogen-bond donors (Lipinski definition) is 3. The van der Waals surface area contributed by atoms with Crippen molar-refractivity contribution in [3.05, 3.63) is 59.5 Å². The maximum absolute atomic E-state index is 14.3. The summed E-state index contributed by atoms with van der Waals surface area (Å²) in [6.45, 7) is -0.337. The summed E-state index contributed by atoms with van der Waals surface area (Å²) in [5, 5.41) is 12.9. The van der Waals surface area contributed by atoms with E-state index in [-0.39, 0.29) is 35.1 Å². The van der Waals surface area contributed by atoms with E-state index in [0.717, 1.165) is 24.4 Å². The van der Waals surface area contributed by atoms with E-state index in [9.17, 15) is 32.3 Å². The van der Waals surface area contributed by atoms with Gasteiger partial charge in [0.25, 0.3) is 5.89 Å². The van der Waals surface area contributed by atoms with Crippen LogP contribution in [0.5, 0.6) is 11.7 Å². The third kappa shape index (κ3) is 4.43. The Hall–Kier alpha value is -4.20. The molecular weight excluding hydrogens is 504 g/mol. The molecule has 0 saturated carbocycles. The average molecular weight is 524 g/mol. The smallest absolute Gasteiger partial charge is 0.424 e. The van der Waals surface area contributed by atoms with Crippen molar-refractivity contribution in [1.29, 1.82) is 0 Å². The van der Waals surface area contributed by atoms with Crippen molar-refractivity contribution in [1.82, 2.24) is 15.3 Å². The molecule has 10 nitrogen and oxygen atoms in total. The number of alkyl halides is 3. The Morgan fingerprint density at radius 1 is 1.27 bits per heavy atom. The number of oxazole rings is 1. The van der Waals surface area contributed by atoms with E-state index in [2.05, 4.69) is 9.97 Å².